The largest absolute Gasteiger partial charge is 0.349 e. The van der Waals surface area contributed by atoms with Gasteiger partial charge in [0.05, 0.1) is 0 Å². The molecule has 4 heteroatoms. The van der Waals surface area contributed by atoms with Gasteiger partial charge in [-0.2, -0.15) is 0 Å². The maximum atomic E-state index is 12.1. The van der Waals surface area contributed by atoms with Gasteiger partial charge in [0.2, 0.25) is 5.91 Å². The second-order valence-corrected chi connectivity index (χ2v) is 9.40. The Morgan fingerprint density at radius 1 is 1.11 bits per heavy atom. The number of amides is 1. The smallest absolute Gasteiger partial charge is 0.222 e. The van der Waals surface area contributed by atoms with Crippen LogP contribution in [0.25, 0.3) is 0 Å². The molecule has 3 aliphatic rings. The SMILES string of the molecule is CN(C)C(=O)CCC[C@@H]1[C@H]2CCCN3CCC[C@@H](CN1Cc1ccccc1)[C@@H]23. The number of benzene rings is 1. The van der Waals surface area contributed by atoms with Crippen molar-refractivity contribution in [3.63, 3.8) is 0 Å². The van der Waals surface area contributed by atoms with Gasteiger partial charge in [0.25, 0.3) is 0 Å². The van der Waals surface area contributed by atoms with Gasteiger partial charge in [-0.1, -0.05) is 30.3 Å². The molecule has 4 rings (SSSR count). The molecule has 1 amide bonds. The van der Waals surface area contributed by atoms with Crippen LogP contribution in [0.2, 0.25) is 0 Å². The molecule has 154 valence electrons. The molecule has 3 fully saturated rings. The Morgan fingerprint density at radius 3 is 2.61 bits per heavy atom. The maximum absolute atomic E-state index is 12.1. The van der Waals surface area contributed by atoms with Crippen LogP contribution in [0.3, 0.4) is 0 Å². The van der Waals surface area contributed by atoms with Crippen molar-refractivity contribution >= 4 is 5.91 Å². The number of hydrogen-bond donors (Lipinski definition) is 0. The van der Waals surface area contributed by atoms with Crippen LogP contribution in [-0.2, 0) is 11.3 Å². The molecular formula is C24H37N3O. The summed E-state index contributed by atoms with van der Waals surface area (Å²) in [5.74, 6) is 1.89. The fraction of sp³-hybridized carbons (Fsp3) is 0.708. The minimum atomic E-state index is 0.270. The molecule has 4 nitrogen and oxygen atoms in total. The van der Waals surface area contributed by atoms with E-state index >= 15 is 0 Å². The van der Waals surface area contributed by atoms with E-state index in [1.54, 1.807) is 4.90 Å². The molecular weight excluding hydrogens is 346 g/mol. The lowest BCUT2D eigenvalue weighted by Crippen LogP contribution is -2.64. The first-order chi connectivity index (χ1) is 13.6. The summed E-state index contributed by atoms with van der Waals surface area (Å²) in [7, 11) is 3.74. The van der Waals surface area contributed by atoms with E-state index in [1.165, 1.54) is 50.9 Å². The van der Waals surface area contributed by atoms with Crippen molar-refractivity contribution in [1.29, 1.82) is 0 Å². The molecule has 0 aliphatic carbocycles. The van der Waals surface area contributed by atoms with E-state index in [0.717, 1.165) is 37.3 Å². The molecule has 1 aromatic carbocycles. The van der Waals surface area contributed by atoms with E-state index in [-0.39, 0.29) is 5.91 Å². The summed E-state index contributed by atoms with van der Waals surface area (Å²) in [5.41, 5.74) is 1.43. The van der Waals surface area contributed by atoms with Crippen LogP contribution in [0, 0.1) is 11.8 Å². The van der Waals surface area contributed by atoms with Gasteiger partial charge in [-0.3, -0.25) is 14.6 Å². The molecule has 3 aliphatic heterocycles. The first kappa shape index (κ1) is 19.9. The second-order valence-electron chi connectivity index (χ2n) is 9.40. The Morgan fingerprint density at radius 2 is 1.86 bits per heavy atom. The highest BCUT2D eigenvalue weighted by Crippen LogP contribution is 2.43. The number of hydrogen-bond acceptors (Lipinski definition) is 3. The molecule has 3 saturated heterocycles. The number of piperidine rings is 3. The van der Waals surface area contributed by atoms with Crippen molar-refractivity contribution in [3.8, 4) is 0 Å². The second kappa shape index (κ2) is 8.96. The molecule has 0 radical (unpaired) electrons. The lowest BCUT2D eigenvalue weighted by Gasteiger charge is -2.57. The van der Waals surface area contributed by atoms with Crippen molar-refractivity contribution < 1.29 is 4.79 Å². The molecule has 4 atom stereocenters. The van der Waals surface area contributed by atoms with Crippen molar-refractivity contribution in [2.45, 2.75) is 63.6 Å². The normalized spacial score (nSPS) is 30.6. The van der Waals surface area contributed by atoms with E-state index in [9.17, 15) is 4.79 Å². The predicted octanol–water partition coefficient (Wildman–Crippen LogP) is 3.62. The van der Waals surface area contributed by atoms with Gasteiger partial charge in [-0.25, -0.2) is 0 Å². The van der Waals surface area contributed by atoms with Crippen molar-refractivity contribution in [1.82, 2.24) is 14.7 Å². The van der Waals surface area contributed by atoms with Crippen molar-refractivity contribution in [3.05, 3.63) is 35.9 Å². The molecule has 28 heavy (non-hydrogen) atoms. The molecule has 1 aromatic rings. The first-order valence-corrected chi connectivity index (χ1v) is 11.4. The van der Waals surface area contributed by atoms with Crippen LogP contribution in [0.5, 0.6) is 0 Å². The minimum absolute atomic E-state index is 0.270. The highest BCUT2D eigenvalue weighted by Gasteiger charge is 2.48. The van der Waals surface area contributed by atoms with Crippen LogP contribution in [0.4, 0.5) is 0 Å². The first-order valence-electron chi connectivity index (χ1n) is 11.4. The third-order valence-electron chi connectivity index (χ3n) is 7.40. The summed E-state index contributed by atoms with van der Waals surface area (Å²) in [6.45, 7) is 4.91. The average molecular weight is 384 g/mol. The topological polar surface area (TPSA) is 26.8 Å². The molecule has 0 saturated carbocycles. The fourth-order valence-corrected chi connectivity index (χ4v) is 6.17. The molecule has 3 heterocycles. The zero-order chi connectivity index (χ0) is 19.5. The Bertz CT molecular complexity index is 645. The van der Waals surface area contributed by atoms with Crippen LogP contribution >= 0.6 is 0 Å². The van der Waals surface area contributed by atoms with E-state index in [0.29, 0.717) is 12.5 Å². The van der Waals surface area contributed by atoms with Crippen LogP contribution in [0.1, 0.15) is 50.5 Å². The lowest BCUT2D eigenvalue weighted by atomic mass is 9.69. The highest BCUT2D eigenvalue weighted by molar-refractivity contribution is 5.75. The molecule has 0 unspecified atom stereocenters. The van der Waals surface area contributed by atoms with Crippen LogP contribution < -0.4 is 0 Å². The lowest BCUT2D eigenvalue weighted by molar-refractivity contribution is -0.129. The number of carbonyl (C=O) groups is 1. The molecule has 0 bridgehead atoms. The average Bonchev–Trinajstić information content (AvgIpc) is 2.71. The third kappa shape index (κ3) is 4.28. The Balaban J connectivity index is 1.51. The number of likely N-dealkylation sites (tertiary alicyclic amines) is 1. The van der Waals surface area contributed by atoms with Crippen molar-refractivity contribution in [2.24, 2.45) is 11.8 Å². The van der Waals surface area contributed by atoms with Crippen LogP contribution in [-0.4, -0.2) is 66.4 Å². The summed E-state index contributed by atoms with van der Waals surface area (Å²) < 4.78 is 0. The van der Waals surface area contributed by atoms with Gasteiger partial charge in [0.1, 0.15) is 0 Å². The summed E-state index contributed by atoms with van der Waals surface area (Å²) in [5, 5.41) is 0. The summed E-state index contributed by atoms with van der Waals surface area (Å²) in [4.78, 5) is 19.4. The Kier molecular flexibility index (Phi) is 6.37. The molecule has 0 N–H and O–H groups in total. The van der Waals surface area contributed by atoms with Gasteiger partial charge in [-0.05, 0) is 69.0 Å². The highest BCUT2D eigenvalue weighted by atomic mass is 16.2. The molecule has 0 aromatic heterocycles. The minimum Gasteiger partial charge on any atom is -0.349 e. The third-order valence-corrected chi connectivity index (χ3v) is 7.40. The van der Waals surface area contributed by atoms with E-state index in [2.05, 4.69) is 40.1 Å². The fourth-order valence-electron chi connectivity index (χ4n) is 6.17. The summed E-state index contributed by atoms with van der Waals surface area (Å²) >= 11 is 0. The van der Waals surface area contributed by atoms with Crippen LogP contribution in [0.15, 0.2) is 30.3 Å². The van der Waals surface area contributed by atoms with E-state index in [4.69, 9.17) is 0 Å². The van der Waals surface area contributed by atoms with Gasteiger partial charge in [0, 0.05) is 45.7 Å². The van der Waals surface area contributed by atoms with Crippen molar-refractivity contribution in [2.75, 3.05) is 33.7 Å². The monoisotopic (exact) mass is 383 g/mol. The summed E-state index contributed by atoms with van der Waals surface area (Å²) in [6.07, 6.45) is 8.35. The predicted molar refractivity (Wildman–Crippen MR) is 114 cm³/mol. The maximum Gasteiger partial charge on any atom is 0.222 e. The standard InChI is InChI=1S/C24H37N3O/c1-25(2)23(28)14-6-13-22-21-12-8-16-26-15-7-11-20(24(21)26)18-27(22)17-19-9-4-3-5-10-19/h3-5,9-10,20-22,24H,6-8,11-18H2,1-2H3/t20-,21+,22+,24-/m0/s1. The number of rotatable bonds is 6. The van der Waals surface area contributed by atoms with Gasteiger partial charge < -0.3 is 4.90 Å². The Hall–Kier alpha value is -1.39. The number of carbonyl (C=O) groups excluding carboxylic acids is 1. The Labute approximate surface area is 170 Å². The quantitative estimate of drug-likeness (QED) is 0.751. The number of nitrogens with zero attached hydrogens (tertiary/aromatic N) is 3. The van der Waals surface area contributed by atoms with Gasteiger partial charge in [-0.15, -0.1) is 0 Å². The van der Waals surface area contributed by atoms with E-state index < -0.39 is 0 Å². The van der Waals surface area contributed by atoms with E-state index in [1.807, 2.05) is 14.1 Å². The molecule has 0 spiro atoms. The summed E-state index contributed by atoms with van der Waals surface area (Å²) in [6, 6.07) is 12.4. The van der Waals surface area contributed by atoms with Gasteiger partial charge in [0.15, 0.2) is 0 Å². The zero-order valence-electron chi connectivity index (χ0n) is 17.7. The van der Waals surface area contributed by atoms with Gasteiger partial charge >= 0.3 is 0 Å². The zero-order valence-corrected chi connectivity index (χ0v) is 17.7.